The Morgan fingerprint density at radius 3 is 2.75 bits per heavy atom. The maximum atomic E-state index is 13.2. The van der Waals surface area contributed by atoms with Crippen LogP contribution in [0.3, 0.4) is 0 Å². The summed E-state index contributed by atoms with van der Waals surface area (Å²) in [6.45, 7) is 4.42. The average molecular weight is 441 g/mol. The Balaban J connectivity index is 1.33. The second-order valence-electron chi connectivity index (χ2n) is 8.38. The standard InChI is InChI=1S/C24H29FN4O3/c1-17-20(24(31)28-11-2-3-12-28)16-26-23(27-17)21-9-5-13-29(21)22(30)10-6-14-32-19-8-4-7-18(25)15-19/h4,7-8,15-16,21H,2-3,5-6,9-14H2,1H3/t21-/m1/s1. The number of amides is 2. The molecule has 0 radical (unpaired) electrons. The molecule has 1 aromatic heterocycles. The quantitative estimate of drug-likeness (QED) is 0.614. The largest absolute Gasteiger partial charge is 0.493 e. The average Bonchev–Trinajstić information content (AvgIpc) is 3.48. The first kappa shape index (κ1) is 22.2. The molecule has 2 amide bonds. The molecule has 0 spiro atoms. The van der Waals surface area contributed by atoms with Gasteiger partial charge in [0.15, 0.2) is 5.82 Å². The molecule has 2 saturated heterocycles. The Morgan fingerprint density at radius 1 is 1.19 bits per heavy atom. The number of aromatic nitrogens is 2. The van der Waals surface area contributed by atoms with Crippen LogP contribution in [-0.2, 0) is 4.79 Å². The van der Waals surface area contributed by atoms with Crippen LogP contribution in [0.15, 0.2) is 30.5 Å². The van der Waals surface area contributed by atoms with Crippen molar-refractivity contribution in [3.8, 4) is 5.75 Å². The summed E-state index contributed by atoms with van der Waals surface area (Å²) < 4.78 is 18.7. The number of nitrogens with zero attached hydrogens (tertiary/aromatic N) is 4. The van der Waals surface area contributed by atoms with Crippen molar-refractivity contribution in [2.75, 3.05) is 26.2 Å². The second kappa shape index (κ2) is 10.1. The van der Waals surface area contributed by atoms with E-state index in [1.165, 1.54) is 12.1 Å². The van der Waals surface area contributed by atoms with Crippen LogP contribution in [0.25, 0.3) is 0 Å². The normalized spacial score (nSPS) is 18.2. The van der Waals surface area contributed by atoms with Crippen LogP contribution in [0, 0.1) is 12.7 Å². The summed E-state index contributed by atoms with van der Waals surface area (Å²) in [7, 11) is 0. The van der Waals surface area contributed by atoms with E-state index >= 15 is 0 Å². The van der Waals surface area contributed by atoms with E-state index < -0.39 is 0 Å². The predicted octanol–water partition coefficient (Wildman–Crippen LogP) is 3.68. The van der Waals surface area contributed by atoms with Crippen LogP contribution < -0.4 is 4.74 Å². The lowest BCUT2D eigenvalue weighted by molar-refractivity contribution is -0.132. The molecule has 0 unspecified atom stereocenters. The molecular formula is C24H29FN4O3. The topological polar surface area (TPSA) is 75.6 Å². The number of carbonyl (C=O) groups is 2. The molecule has 0 bridgehead atoms. The van der Waals surface area contributed by atoms with E-state index in [2.05, 4.69) is 9.97 Å². The molecule has 2 fully saturated rings. The first-order valence-corrected chi connectivity index (χ1v) is 11.3. The Hall–Kier alpha value is -3.03. The molecule has 7 nitrogen and oxygen atoms in total. The third-order valence-corrected chi connectivity index (χ3v) is 6.09. The number of carbonyl (C=O) groups excluding carboxylic acids is 2. The molecule has 2 aliphatic heterocycles. The zero-order valence-corrected chi connectivity index (χ0v) is 18.4. The first-order chi connectivity index (χ1) is 15.5. The van der Waals surface area contributed by atoms with Gasteiger partial charge in [-0.05, 0) is 51.2 Å². The molecule has 4 rings (SSSR count). The van der Waals surface area contributed by atoms with Crippen molar-refractivity contribution in [2.24, 2.45) is 0 Å². The fraction of sp³-hybridized carbons (Fsp3) is 0.500. The van der Waals surface area contributed by atoms with Crippen molar-refractivity contribution >= 4 is 11.8 Å². The van der Waals surface area contributed by atoms with Crippen LogP contribution in [0.5, 0.6) is 5.75 Å². The third-order valence-electron chi connectivity index (χ3n) is 6.09. The van der Waals surface area contributed by atoms with Gasteiger partial charge < -0.3 is 14.5 Å². The van der Waals surface area contributed by atoms with E-state index in [0.717, 1.165) is 38.8 Å². The molecule has 3 heterocycles. The molecule has 8 heteroatoms. The Kier molecular flexibility index (Phi) is 6.97. The van der Waals surface area contributed by atoms with Gasteiger partial charge in [-0.2, -0.15) is 0 Å². The van der Waals surface area contributed by atoms with E-state index in [1.54, 1.807) is 18.3 Å². The SMILES string of the molecule is Cc1nc([C@H]2CCCN2C(=O)CCCOc2cccc(F)c2)ncc1C(=O)N1CCCC1. The highest BCUT2D eigenvalue weighted by molar-refractivity contribution is 5.95. The summed E-state index contributed by atoms with van der Waals surface area (Å²) in [5.41, 5.74) is 1.20. The van der Waals surface area contributed by atoms with E-state index in [1.807, 2.05) is 16.7 Å². The van der Waals surface area contributed by atoms with Crippen molar-refractivity contribution < 1.29 is 18.7 Å². The van der Waals surface area contributed by atoms with Gasteiger partial charge in [0, 0.05) is 38.3 Å². The number of halogens is 1. The van der Waals surface area contributed by atoms with Crippen molar-refractivity contribution in [3.63, 3.8) is 0 Å². The molecule has 0 N–H and O–H groups in total. The molecule has 2 aliphatic rings. The lowest BCUT2D eigenvalue weighted by Crippen LogP contribution is -2.32. The second-order valence-corrected chi connectivity index (χ2v) is 8.38. The molecule has 32 heavy (non-hydrogen) atoms. The summed E-state index contributed by atoms with van der Waals surface area (Å²) in [5, 5.41) is 0. The number of likely N-dealkylation sites (tertiary alicyclic amines) is 2. The predicted molar refractivity (Wildman–Crippen MR) is 117 cm³/mol. The number of rotatable bonds is 7. The van der Waals surface area contributed by atoms with Gasteiger partial charge in [-0.3, -0.25) is 9.59 Å². The highest BCUT2D eigenvalue weighted by atomic mass is 19.1. The maximum Gasteiger partial charge on any atom is 0.257 e. The number of ether oxygens (including phenoxy) is 1. The summed E-state index contributed by atoms with van der Waals surface area (Å²) in [6.07, 6.45) is 6.29. The zero-order valence-electron chi connectivity index (χ0n) is 18.4. The lowest BCUT2D eigenvalue weighted by Gasteiger charge is -2.24. The minimum absolute atomic E-state index is 0.01000. The molecule has 1 atom stereocenters. The molecule has 2 aromatic rings. The smallest absolute Gasteiger partial charge is 0.257 e. The van der Waals surface area contributed by atoms with Gasteiger partial charge in [0.2, 0.25) is 5.91 Å². The highest BCUT2D eigenvalue weighted by Crippen LogP contribution is 2.31. The van der Waals surface area contributed by atoms with E-state index in [4.69, 9.17) is 4.74 Å². The minimum atomic E-state index is -0.345. The number of benzene rings is 1. The zero-order chi connectivity index (χ0) is 22.5. The van der Waals surface area contributed by atoms with Crippen molar-refractivity contribution in [1.29, 1.82) is 0 Å². The first-order valence-electron chi connectivity index (χ1n) is 11.3. The minimum Gasteiger partial charge on any atom is -0.493 e. The fourth-order valence-electron chi connectivity index (χ4n) is 4.39. The molecule has 170 valence electrons. The van der Waals surface area contributed by atoms with Crippen molar-refractivity contribution in [3.05, 3.63) is 53.4 Å². The lowest BCUT2D eigenvalue weighted by atomic mass is 10.1. The van der Waals surface area contributed by atoms with Crippen molar-refractivity contribution in [1.82, 2.24) is 19.8 Å². The summed E-state index contributed by atoms with van der Waals surface area (Å²) >= 11 is 0. The van der Waals surface area contributed by atoms with Crippen LogP contribution in [0.4, 0.5) is 4.39 Å². The Bertz CT molecular complexity index is 977. The van der Waals surface area contributed by atoms with Gasteiger partial charge in [0.1, 0.15) is 11.6 Å². The van der Waals surface area contributed by atoms with E-state index in [-0.39, 0.29) is 23.7 Å². The monoisotopic (exact) mass is 440 g/mol. The van der Waals surface area contributed by atoms with Gasteiger partial charge in [-0.1, -0.05) is 6.07 Å². The highest BCUT2D eigenvalue weighted by Gasteiger charge is 2.32. The third kappa shape index (κ3) is 5.06. The van der Waals surface area contributed by atoms with E-state index in [9.17, 15) is 14.0 Å². The summed E-state index contributed by atoms with van der Waals surface area (Å²) in [4.78, 5) is 38.3. The molecule has 0 aliphatic carbocycles. The molecule has 0 saturated carbocycles. The van der Waals surface area contributed by atoms with Gasteiger partial charge in [-0.15, -0.1) is 0 Å². The van der Waals surface area contributed by atoms with Gasteiger partial charge >= 0.3 is 0 Å². The number of hydrogen-bond acceptors (Lipinski definition) is 5. The van der Waals surface area contributed by atoms with Crippen LogP contribution in [-0.4, -0.2) is 57.8 Å². The Morgan fingerprint density at radius 2 is 2.00 bits per heavy atom. The number of aryl methyl sites for hydroxylation is 1. The number of hydrogen-bond donors (Lipinski definition) is 0. The van der Waals surface area contributed by atoms with Gasteiger partial charge in [-0.25, -0.2) is 14.4 Å². The summed E-state index contributed by atoms with van der Waals surface area (Å²) in [5.74, 6) is 0.742. The molecular weight excluding hydrogens is 411 g/mol. The van der Waals surface area contributed by atoms with Crippen LogP contribution >= 0.6 is 0 Å². The summed E-state index contributed by atoms with van der Waals surface area (Å²) in [6, 6.07) is 5.82. The fourth-order valence-corrected chi connectivity index (χ4v) is 4.39. The van der Waals surface area contributed by atoms with Gasteiger partial charge in [0.05, 0.1) is 23.9 Å². The molecule has 1 aromatic carbocycles. The Labute approximate surface area is 187 Å². The van der Waals surface area contributed by atoms with E-state index in [0.29, 0.717) is 48.8 Å². The van der Waals surface area contributed by atoms with Crippen LogP contribution in [0.1, 0.15) is 66.4 Å². The van der Waals surface area contributed by atoms with Gasteiger partial charge in [0.25, 0.3) is 5.91 Å². The maximum absolute atomic E-state index is 13.2. The van der Waals surface area contributed by atoms with Crippen LogP contribution in [0.2, 0.25) is 0 Å². The van der Waals surface area contributed by atoms with Crippen molar-refractivity contribution in [2.45, 2.75) is 51.5 Å².